The Balaban J connectivity index is 2.21. The molecule has 0 amide bonds. The van der Waals surface area contributed by atoms with Crippen molar-refractivity contribution in [1.29, 1.82) is 5.26 Å². The molecule has 0 atom stereocenters. The Bertz CT molecular complexity index is 828. The summed E-state index contributed by atoms with van der Waals surface area (Å²) in [6.45, 7) is -0.152. The van der Waals surface area contributed by atoms with Crippen molar-refractivity contribution in [3.05, 3.63) is 63.7 Å². The van der Waals surface area contributed by atoms with Crippen LogP contribution >= 0.6 is 11.6 Å². The minimum atomic E-state index is -4.51. The van der Waals surface area contributed by atoms with Crippen LogP contribution in [-0.2, 0) is 12.8 Å². The molecule has 0 heterocycles. The van der Waals surface area contributed by atoms with Gasteiger partial charge in [-0.15, -0.1) is 0 Å². The molecule has 0 aliphatic rings. The van der Waals surface area contributed by atoms with Crippen molar-refractivity contribution in [1.82, 2.24) is 0 Å². The van der Waals surface area contributed by atoms with E-state index in [1.54, 1.807) is 0 Å². The first kappa shape index (κ1) is 17.6. The summed E-state index contributed by atoms with van der Waals surface area (Å²) in [5.74, 6) is -1.19. The Morgan fingerprint density at radius 1 is 1.25 bits per heavy atom. The summed E-state index contributed by atoms with van der Waals surface area (Å²) in [4.78, 5) is 11.0. The van der Waals surface area contributed by atoms with Gasteiger partial charge < -0.3 is 9.84 Å². The topological polar surface area (TPSA) is 70.3 Å². The fourth-order valence-corrected chi connectivity index (χ4v) is 2.15. The fourth-order valence-electron chi connectivity index (χ4n) is 1.92. The zero-order valence-electron chi connectivity index (χ0n) is 11.9. The average Bonchev–Trinajstić information content (AvgIpc) is 2.52. The van der Waals surface area contributed by atoms with E-state index in [-0.39, 0.29) is 28.5 Å². The standard InChI is InChI=1S/C16H9ClF3NO3/c17-13-6-12(16(18,19)20)1-2-14(13)24-8-10-3-9(7-21)4-11(5-10)15(22)23/h1-6H,8H2,(H,22,23). The lowest BCUT2D eigenvalue weighted by Gasteiger charge is -2.12. The van der Waals surface area contributed by atoms with Crippen molar-refractivity contribution in [3.8, 4) is 11.8 Å². The zero-order chi connectivity index (χ0) is 17.9. The number of alkyl halides is 3. The van der Waals surface area contributed by atoms with Gasteiger partial charge in [0.2, 0.25) is 0 Å². The van der Waals surface area contributed by atoms with Gasteiger partial charge in [0.05, 0.1) is 27.8 Å². The first-order valence-electron chi connectivity index (χ1n) is 6.47. The zero-order valence-corrected chi connectivity index (χ0v) is 12.6. The Morgan fingerprint density at radius 2 is 1.96 bits per heavy atom. The molecule has 0 aromatic heterocycles. The lowest BCUT2D eigenvalue weighted by molar-refractivity contribution is -0.137. The van der Waals surface area contributed by atoms with E-state index in [0.29, 0.717) is 5.56 Å². The van der Waals surface area contributed by atoms with E-state index in [9.17, 15) is 18.0 Å². The number of rotatable bonds is 4. The highest BCUT2D eigenvalue weighted by molar-refractivity contribution is 6.32. The molecule has 2 rings (SSSR count). The molecule has 1 N–H and O–H groups in total. The van der Waals surface area contributed by atoms with E-state index in [1.807, 2.05) is 6.07 Å². The number of aromatic carboxylic acids is 1. The van der Waals surface area contributed by atoms with E-state index >= 15 is 0 Å². The van der Waals surface area contributed by atoms with Gasteiger partial charge in [0.25, 0.3) is 0 Å². The molecule has 124 valence electrons. The van der Waals surface area contributed by atoms with Gasteiger partial charge in [-0.3, -0.25) is 0 Å². The molecule has 0 aliphatic heterocycles. The van der Waals surface area contributed by atoms with Crippen molar-refractivity contribution in [2.24, 2.45) is 0 Å². The number of hydrogen-bond acceptors (Lipinski definition) is 3. The van der Waals surface area contributed by atoms with E-state index in [1.165, 1.54) is 18.2 Å². The van der Waals surface area contributed by atoms with Crippen LogP contribution in [0.1, 0.15) is 27.0 Å². The number of carboxylic acid groups (broad SMARTS) is 1. The number of ether oxygens (including phenoxy) is 1. The third-order valence-corrected chi connectivity index (χ3v) is 3.32. The number of benzene rings is 2. The van der Waals surface area contributed by atoms with Gasteiger partial charge in [-0.05, 0) is 42.0 Å². The van der Waals surface area contributed by atoms with Gasteiger partial charge in [-0.1, -0.05) is 11.6 Å². The highest BCUT2D eigenvalue weighted by atomic mass is 35.5. The lowest BCUT2D eigenvalue weighted by Crippen LogP contribution is -2.05. The maximum atomic E-state index is 12.6. The minimum Gasteiger partial charge on any atom is -0.487 e. The number of carbonyl (C=O) groups is 1. The number of nitriles is 1. The normalized spacial score (nSPS) is 11.0. The Kier molecular flexibility index (Phi) is 5.00. The number of nitrogens with zero attached hydrogens (tertiary/aromatic N) is 1. The van der Waals surface area contributed by atoms with Crippen LogP contribution in [-0.4, -0.2) is 11.1 Å². The van der Waals surface area contributed by atoms with Crippen molar-refractivity contribution in [2.45, 2.75) is 12.8 Å². The summed E-state index contributed by atoms with van der Waals surface area (Å²) in [5, 5.41) is 17.7. The first-order valence-corrected chi connectivity index (χ1v) is 6.85. The molecule has 8 heteroatoms. The third-order valence-electron chi connectivity index (χ3n) is 3.02. The van der Waals surface area contributed by atoms with Crippen LogP contribution in [0.2, 0.25) is 5.02 Å². The average molecular weight is 356 g/mol. The maximum Gasteiger partial charge on any atom is 0.416 e. The molecule has 0 bridgehead atoms. The van der Waals surface area contributed by atoms with Gasteiger partial charge in [0, 0.05) is 0 Å². The van der Waals surface area contributed by atoms with Gasteiger partial charge >= 0.3 is 12.1 Å². The number of hydrogen-bond donors (Lipinski definition) is 1. The first-order chi connectivity index (χ1) is 11.2. The molecule has 0 unspecified atom stereocenters. The van der Waals surface area contributed by atoms with Crippen LogP contribution in [0.5, 0.6) is 5.75 Å². The van der Waals surface area contributed by atoms with Crippen LogP contribution in [0.25, 0.3) is 0 Å². The van der Waals surface area contributed by atoms with Gasteiger partial charge in [0.1, 0.15) is 12.4 Å². The SMILES string of the molecule is N#Cc1cc(COc2ccc(C(F)(F)F)cc2Cl)cc(C(=O)O)c1. The van der Waals surface area contributed by atoms with Crippen LogP contribution in [0.4, 0.5) is 13.2 Å². The smallest absolute Gasteiger partial charge is 0.416 e. The summed E-state index contributed by atoms with van der Waals surface area (Å²) < 4.78 is 43.0. The minimum absolute atomic E-state index is 0.0175. The van der Waals surface area contributed by atoms with Gasteiger partial charge in [0.15, 0.2) is 0 Å². The molecule has 0 saturated carbocycles. The molecule has 0 fully saturated rings. The van der Waals surface area contributed by atoms with Crippen LogP contribution < -0.4 is 4.74 Å². The summed E-state index contributed by atoms with van der Waals surface area (Å²) in [6.07, 6.45) is -4.51. The Hall–Kier alpha value is -2.72. The van der Waals surface area contributed by atoms with Crippen molar-refractivity contribution >= 4 is 17.6 Å². The number of halogens is 4. The summed E-state index contributed by atoms with van der Waals surface area (Å²) in [6, 6.07) is 8.41. The van der Waals surface area contributed by atoms with Gasteiger partial charge in [-0.2, -0.15) is 18.4 Å². The Labute approximate surface area is 139 Å². The van der Waals surface area contributed by atoms with Crippen LogP contribution in [0, 0.1) is 11.3 Å². The van der Waals surface area contributed by atoms with E-state index in [4.69, 9.17) is 26.7 Å². The molecular weight excluding hydrogens is 347 g/mol. The molecule has 4 nitrogen and oxygen atoms in total. The quantitative estimate of drug-likeness (QED) is 0.876. The predicted molar refractivity (Wildman–Crippen MR) is 78.9 cm³/mol. The highest BCUT2D eigenvalue weighted by Crippen LogP contribution is 2.34. The molecular formula is C16H9ClF3NO3. The maximum absolute atomic E-state index is 12.6. The number of carboxylic acids is 1. The summed E-state index contributed by atoms with van der Waals surface area (Å²) in [5.41, 5.74) is -0.486. The molecule has 0 spiro atoms. The second-order valence-electron chi connectivity index (χ2n) is 4.77. The van der Waals surface area contributed by atoms with Crippen molar-refractivity contribution in [2.75, 3.05) is 0 Å². The summed E-state index contributed by atoms with van der Waals surface area (Å²) in [7, 11) is 0. The second kappa shape index (κ2) is 6.81. The molecule has 0 saturated heterocycles. The molecule has 0 radical (unpaired) electrons. The van der Waals surface area contributed by atoms with Crippen LogP contribution in [0.3, 0.4) is 0 Å². The van der Waals surface area contributed by atoms with E-state index < -0.39 is 17.7 Å². The molecule has 24 heavy (non-hydrogen) atoms. The monoisotopic (exact) mass is 355 g/mol. The predicted octanol–water partition coefficient (Wildman–Crippen LogP) is 4.51. The third kappa shape index (κ3) is 4.18. The van der Waals surface area contributed by atoms with Crippen molar-refractivity contribution < 1.29 is 27.8 Å². The Morgan fingerprint density at radius 3 is 2.50 bits per heavy atom. The van der Waals surface area contributed by atoms with E-state index in [0.717, 1.165) is 18.2 Å². The van der Waals surface area contributed by atoms with Crippen molar-refractivity contribution in [3.63, 3.8) is 0 Å². The van der Waals surface area contributed by atoms with Gasteiger partial charge in [-0.25, -0.2) is 4.79 Å². The largest absolute Gasteiger partial charge is 0.487 e. The lowest BCUT2D eigenvalue weighted by atomic mass is 10.1. The van der Waals surface area contributed by atoms with Crippen LogP contribution in [0.15, 0.2) is 36.4 Å². The second-order valence-corrected chi connectivity index (χ2v) is 5.17. The summed E-state index contributed by atoms with van der Waals surface area (Å²) >= 11 is 5.77. The molecule has 2 aromatic carbocycles. The van der Waals surface area contributed by atoms with E-state index in [2.05, 4.69) is 0 Å². The fraction of sp³-hybridized carbons (Fsp3) is 0.125. The molecule has 0 aliphatic carbocycles. The highest BCUT2D eigenvalue weighted by Gasteiger charge is 2.31. The molecule has 2 aromatic rings.